The minimum atomic E-state index is -0.145. The van der Waals surface area contributed by atoms with Gasteiger partial charge in [0, 0.05) is 22.7 Å². The van der Waals surface area contributed by atoms with Crippen molar-refractivity contribution in [3.63, 3.8) is 0 Å². The molecule has 0 heterocycles. The molecule has 1 aromatic carbocycles. The van der Waals surface area contributed by atoms with Crippen LogP contribution in [0.5, 0.6) is 0 Å². The van der Waals surface area contributed by atoms with E-state index in [0.29, 0.717) is 22.0 Å². The number of halogens is 2. The number of benzene rings is 1. The number of rotatable bonds is 5. The van der Waals surface area contributed by atoms with Gasteiger partial charge in [0.25, 0.3) is 0 Å². The Kier molecular flexibility index (Phi) is 6.31. The fraction of sp³-hybridized carbons (Fsp3) is 0.533. The Bertz CT molecular complexity index is 449. The summed E-state index contributed by atoms with van der Waals surface area (Å²) >= 11 is 12.1. The van der Waals surface area contributed by atoms with Gasteiger partial charge in [0.2, 0.25) is 5.91 Å². The first-order chi connectivity index (χ1) is 9.25. The van der Waals surface area contributed by atoms with Crippen LogP contribution in [-0.2, 0) is 11.2 Å². The van der Waals surface area contributed by atoms with Crippen LogP contribution in [0.3, 0.4) is 0 Å². The fourth-order valence-corrected chi connectivity index (χ4v) is 2.49. The molecule has 0 saturated heterocycles. The number of hydrogen-bond acceptors (Lipinski definition) is 2. The molecule has 0 fully saturated rings. The van der Waals surface area contributed by atoms with Gasteiger partial charge in [0.15, 0.2) is 0 Å². The van der Waals surface area contributed by atoms with E-state index in [1.165, 1.54) is 0 Å². The van der Waals surface area contributed by atoms with E-state index in [1.54, 1.807) is 18.2 Å². The quantitative estimate of drug-likeness (QED) is 0.873. The van der Waals surface area contributed by atoms with E-state index in [1.807, 2.05) is 20.8 Å². The molecule has 0 aliphatic rings. The van der Waals surface area contributed by atoms with Gasteiger partial charge < -0.3 is 10.4 Å². The van der Waals surface area contributed by atoms with Gasteiger partial charge >= 0.3 is 0 Å². The minimum Gasteiger partial charge on any atom is -0.396 e. The summed E-state index contributed by atoms with van der Waals surface area (Å²) in [6, 6.07) is 5.08. The van der Waals surface area contributed by atoms with Crippen molar-refractivity contribution in [1.82, 2.24) is 5.32 Å². The highest BCUT2D eigenvalue weighted by Crippen LogP contribution is 2.25. The van der Waals surface area contributed by atoms with Crippen molar-refractivity contribution in [2.45, 2.75) is 39.7 Å². The summed E-state index contributed by atoms with van der Waals surface area (Å²) in [7, 11) is 0. The van der Waals surface area contributed by atoms with E-state index in [4.69, 9.17) is 28.3 Å². The molecule has 0 aromatic heterocycles. The first-order valence-electron chi connectivity index (χ1n) is 6.59. The maximum Gasteiger partial charge on any atom is 0.224 e. The monoisotopic (exact) mass is 317 g/mol. The Balaban J connectivity index is 2.76. The Morgan fingerprint density at radius 3 is 2.30 bits per heavy atom. The maximum atomic E-state index is 12.1. The zero-order valence-corrected chi connectivity index (χ0v) is 13.6. The van der Waals surface area contributed by atoms with E-state index in [-0.39, 0.29) is 30.4 Å². The maximum absolute atomic E-state index is 12.1. The van der Waals surface area contributed by atoms with Crippen LogP contribution in [0.15, 0.2) is 18.2 Å². The van der Waals surface area contributed by atoms with Crippen molar-refractivity contribution < 1.29 is 9.90 Å². The molecule has 3 nitrogen and oxygen atoms in total. The Labute approximate surface area is 130 Å². The molecule has 2 N–H and O–H groups in total. The van der Waals surface area contributed by atoms with Gasteiger partial charge in [0.05, 0.1) is 6.42 Å². The third kappa shape index (κ3) is 4.97. The van der Waals surface area contributed by atoms with Crippen LogP contribution in [-0.4, -0.2) is 23.7 Å². The Morgan fingerprint density at radius 2 is 1.85 bits per heavy atom. The van der Waals surface area contributed by atoms with Crippen molar-refractivity contribution in [2.24, 2.45) is 5.41 Å². The SMILES string of the molecule is CC(C)(C)C(CCO)NC(=O)Cc1c(Cl)cccc1Cl. The average Bonchev–Trinajstić information content (AvgIpc) is 2.32. The number of aliphatic hydroxyl groups excluding tert-OH is 1. The second-order valence-electron chi connectivity index (χ2n) is 5.88. The molecule has 0 spiro atoms. The first kappa shape index (κ1) is 17.3. The van der Waals surface area contributed by atoms with E-state index in [9.17, 15) is 4.79 Å². The number of nitrogens with one attached hydrogen (secondary N) is 1. The van der Waals surface area contributed by atoms with Gasteiger partial charge in [-0.1, -0.05) is 50.0 Å². The van der Waals surface area contributed by atoms with Gasteiger partial charge in [-0.05, 0) is 29.5 Å². The van der Waals surface area contributed by atoms with E-state index >= 15 is 0 Å². The molecule has 112 valence electrons. The lowest BCUT2D eigenvalue weighted by Crippen LogP contribution is -2.44. The van der Waals surface area contributed by atoms with Crippen LogP contribution in [0.1, 0.15) is 32.8 Å². The standard InChI is InChI=1S/C15H21Cl2NO2/c1-15(2,3)13(7-8-19)18-14(20)9-10-11(16)5-4-6-12(10)17/h4-6,13,19H,7-9H2,1-3H3,(H,18,20). The minimum absolute atomic E-state index is 0.0368. The Hall–Kier alpha value is -0.770. The van der Waals surface area contributed by atoms with Crippen LogP contribution < -0.4 is 5.32 Å². The predicted octanol–water partition coefficient (Wildman–Crippen LogP) is 3.45. The third-order valence-corrected chi connectivity index (χ3v) is 3.91. The summed E-state index contributed by atoms with van der Waals surface area (Å²) in [5.41, 5.74) is 0.507. The van der Waals surface area contributed by atoms with Gasteiger partial charge in [-0.2, -0.15) is 0 Å². The lowest BCUT2D eigenvalue weighted by molar-refractivity contribution is -0.122. The zero-order valence-electron chi connectivity index (χ0n) is 12.0. The van der Waals surface area contributed by atoms with Crippen LogP contribution in [0.4, 0.5) is 0 Å². The summed E-state index contributed by atoms with van der Waals surface area (Å²) in [6.07, 6.45) is 0.655. The molecule has 20 heavy (non-hydrogen) atoms. The molecule has 0 aliphatic heterocycles. The molecule has 0 aliphatic carbocycles. The lowest BCUT2D eigenvalue weighted by atomic mass is 9.85. The highest BCUT2D eigenvalue weighted by atomic mass is 35.5. The van der Waals surface area contributed by atoms with Crippen molar-refractivity contribution in [1.29, 1.82) is 0 Å². The molecule has 5 heteroatoms. The largest absolute Gasteiger partial charge is 0.396 e. The molecule has 1 rings (SSSR count). The van der Waals surface area contributed by atoms with E-state index in [0.717, 1.165) is 0 Å². The molecule has 0 radical (unpaired) electrons. The van der Waals surface area contributed by atoms with Gasteiger partial charge in [-0.25, -0.2) is 0 Å². The van der Waals surface area contributed by atoms with Gasteiger partial charge in [0.1, 0.15) is 0 Å². The summed E-state index contributed by atoms with van der Waals surface area (Å²) in [5.74, 6) is -0.145. The first-order valence-corrected chi connectivity index (χ1v) is 7.34. The molecular weight excluding hydrogens is 297 g/mol. The van der Waals surface area contributed by atoms with Crippen LogP contribution in [0, 0.1) is 5.41 Å². The number of carbonyl (C=O) groups excluding carboxylic acids is 1. The zero-order chi connectivity index (χ0) is 15.3. The molecule has 1 unspecified atom stereocenters. The fourth-order valence-electron chi connectivity index (χ4n) is 1.96. The normalized spacial score (nSPS) is 13.1. The second kappa shape index (κ2) is 7.30. The summed E-state index contributed by atoms with van der Waals surface area (Å²) in [6.45, 7) is 6.11. The van der Waals surface area contributed by atoms with Crippen molar-refractivity contribution in [3.8, 4) is 0 Å². The topological polar surface area (TPSA) is 49.3 Å². The molecule has 0 saturated carbocycles. The third-order valence-electron chi connectivity index (χ3n) is 3.20. The smallest absolute Gasteiger partial charge is 0.224 e. The summed E-state index contributed by atoms with van der Waals surface area (Å²) in [4.78, 5) is 12.1. The predicted molar refractivity (Wildman–Crippen MR) is 83.3 cm³/mol. The van der Waals surface area contributed by atoms with Gasteiger partial charge in [-0.15, -0.1) is 0 Å². The number of hydrogen-bond donors (Lipinski definition) is 2. The summed E-state index contributed by atoms with van der Waals surface area (Å²) < 4.78 is 0. The van der Waals surface area contributed by atoms with Crippen LogP contribution >= 0.6 is 23.2 Å². The van der Waals surface area contributed by atoms with E-state index < -0.39 is 0 Å². The Morgan fingerprint density at radius 1 is 1.30 bits per heavy atom. The highest BCUT2D eigenvalue weighted by molar-refractivity contribution is 6.36. The molecule has 1 amide bonds. The number of amides is 1. The van der Waals surface area contributed by atoms with Crippen LogP contribution in [0.25, 0.3) is 0 Å². The summed E-state index contributed by atoms with van der Waals surface area (Å²) in [5, 5.41) is 13.0. The average molecular weight is 318 g/mol. The molecule has 1 aromatic rings. The molecule has 1 atom stereocenters. The lowest BCUT2D eigenvalue weighted by Gasteiger charge is -2.31. The van der Waals surface area contributed by atoms with Crippen molar-refractivity contribution in [3.05, 3.63) is 33.8 Å². The molecule has 0 bridgehead atoms. The molecular formula is C15H21Cl2NO2. The van der Waals surface area contributed by atoms with Crippen molar-refractivity contribution in [2.75, 3.05) is 6.61 Å². The second-order valence-corrected chi connectivity index (χ2v) is 6.69. The van der Waals surface area contributed by atoms with E-state index in [2.05, 4.69) is 5.32 Å². The van der Waals surface area contributed by atoms with Crippen molar-refractivity contribution >= 4 is 29.1 Å². The number of aliphatic hydroxyl groups is 1. The number of carbonyl (C=O) groups is 1. The van der Waals surface area contributed by atoms with Crippen LogP contribution in [0.2, 0.25) is 10.0 Å². The van der Waals surface area contributed by atoms with Gasteiger partial charge in [-0.3, -0.25) is 4.79 Å². The highest BCUT2D eigenvalue weighted by Gasteiger charge is 2.26.